The van der Waals surface area contributed by atoms with Gasteiger partial charge in [-0.2, -0.15) is 0 Å². The van der Waals surface area contributed by atoms with Gasteiger partial charge in [0.05, 0.1) is 32.8 Å². The van der Waals surface area contributed by atoms with Gasteiger partial charge in [0.15, 0.2) is 0 Å². The van der Waals surface area contributed by atoms with Crippen LogP contribution in [0.4, 0.5) is 0 Å². The molecule has 4 heteroatoms. The molecule has 1 aromatic heterocycles. The number of methoxy groups -OCH3 is 1. The number of hydrogen-bond acceptors (Lipinski definition) is 3. The van der Waals surface area contributed by atoms with Gasteiger partial charge in [0, 0.05) is 30.3 Å². The second-order valence-corrected chi connectivity index (χ2v) is 7.87. The van der Waals surface area contributed by atoms with E-state index in [1.54, 1.807) is 13.3 Å². The summed E-state index contributed by atoms with van der Waals surface area (Å²) in [5, 5.41) is 12.3. The molecule has 3 fully saturated rings. The molecule has 25 heavy (non-hydrogen) atoms. The van der Waals surface area contributed by atoms with Gasteiger partial charge in [-0.05, 0) is 35.7 Å². The molecule has 3 aliphatic rings. The highest BCUT2D eigenvalue weighted by molar-refractivity contribution is 5.83. The van der Waals surface area contributed by atoms with Crippen LogP contribution in [-0.4, -0.2) is 47.9 Å². The summed E-state index contributed by atoms with van der Waals surface area (Å²) in [6.45, 7) is 6.26. The highest BCUT2D eigenvalue weighted by atomic mass is 16.5. The van der Waals surface area contributed by atoms with Crippen LogP contribution in [0.5, 0.6) is 5.75 Å². The van der Waals surface area contributed by atoms with E-state index >= 15 is 0 Å². The maximum Gasteiger partial charge on any atom is 0.131 e. The zero-order chi connectivity index (χ0) is 17.6. The van der Waals surface area contributed by atoms with E-state index in [0.717, 1.165) is 46.2 Å². The Labute approximate surface area is 149 Å². The monoisotopic (exact) mass is 339 g/mol. The first kappa shape index (κ1) is 16.6. The molecule has 0 amide bonds. The number of aliphatic hydroxyl groups is 1. The highest BCUT2D eigenvalue weighted by Crippen LogP contribution is 2.45. The fourth-order valence-corrected chi connectivity index (χ4v) is 5.03. The molecule has 0 radical (unpaired) electrons. The lowest BCUT2D eigenvalue weighted by Gasteiger charge is -2.56. The molecule has 132 valence electrons. The van der Waals surface area contributed by atoms with Crippen LogP contribution >= 0.6 is 0 Å². The number of nitrogens with zero attached hydrogens (tertiary/aromatic N) is 2. The highest BCUT2D eigenvalue weighted by Gasteiger charge is 2.51. The minimum Gasteiger partial charge on any atom is -0.497 e. The van der Waals surface area contributed by atoms with E-state index < -0.39 is 6.10 Å². The summed E-state index contributed by atoms with van der Waals surface area (Å²) in [4.78, 5) is 4.45. The van der Waals surface area contributed by atoms with Gasteiger partial charge in [0.25, 0.3) is 0 Å². The zero-order valence-corrected chi connectivity index (χ0v) is 15.1. The van der Waals surface area contributed by atoms with Crippen molar-refractivity contribution >= 4 is 10.9 Å². The number of aliphatic hydroxyl groups excluding tert-OH is 1. The van der Waals surface area contributed by atoms with E-state index in [4.69, 9.17) is 4.74 Å². The molecule has 5 rings (SSSR count). The predicted octanol–water partition coefficient (Wildman–Crippen LogP) is 3.32. The van der Waals surface area contributed by atoms with Crippen molar-refractivity contribution in [1.29, 1.82) is 0 Å². The number of likely N-dealkylation sites (N-methyl/N-ethyl adjacent to an activating group) is 1. The third-order valence-corrected chi connectivity index (χ3v) is 6.56. The predicted molar refractivity (Wildman–Crippen MR) is 99.4 cm³/mol. The standard InChI is InChI=1S/C21H27N2O2/c1-4-14-13-23(2)10-8-15(14)11-20(23)21(24)17-7-9-22-19-6-5-16(25-3)12-18(17)19/h4-7,9,12,14-15,20-21,24H,1,8,10-11,13H2,2-3H3/q+1/t14?,15?,20-,21+,23?/m1/s1. The van der Waals surface area contributed by atoms with Gasteiger partial charge in [0.1, 0.15) is 17.9 Å². The van der Waals surface area contributed by atoms with Crippen LogP contribution in [0.1, 0.15) is 24.5 Å². The van der Waals surface area contributed by atoms with Gasteiger partial charge >= 0.3 is 0 Å². The summed E-state index contributed by atoms with van der Waals surface area (Å²) >= 11 is 0. The van der Waals surface area contributed by atoms with Crippen molar-refractivity contribution < 1.29 is 14.3 Å². The van der Waals surface area contributed by atoms with Crippen molar-refractivity contribution in [3.63, 3.8) is 0 Å². The van der Waals surface area contributed by atoms with Gasteiger partial charge in [-0.3, -0.25) is 4.98 Å². The summed E-state index contributed by atoms with van der Waals surface area (Å²) in [5.41, 5.74) is 1.87. The van der Waals surface area contributed by atoms with Crippen LogP contribution < -0.4 is 4.74 Å². The summed E-state index contributed by atoms with van der Waals surface area (Å²) in [6.07, 6.45) is 5.73. The fourth-order valence-electron chi connectivity index (χ4n) is 5.03. The SMILES string of the molecule is C=CC1C[N+]2(C)CCC1C[C@@H]2[C@@H](O)c1ccnc2ccc(OC)cc12. The Balaban J connectivity index is 1.73. The summed E-state index contributed by atoms with van der Waals surface area (Å²) in [6, 6.07) is 8.06. The van der Waals surface area contributed by atoms with Crippen LogP contribution in [0, 0.1) is 11.8 Å². The minimum atomic E-state index is -0.490. The molecule has 1 N–H and O–H groups in total. The number of piperidine rings is 3. The molecule has 4 nitrogen and oxygen atoms in total. The molecule has 0 spiro atoms. The Morgan fingerprint density at radius 1 is 1.40 bits per heavy atom. The van der Waals surface area contributed by atoms with Gasteiger partial charge in [-0.1, -0.05) is 6.08 Å². The van der Waals surface area contributed by atoms with Gasteiger partial charge < -0.3 is 14.3 Å². The van der Waals surface area contributed by atoms with Crippen LogP contribution in [-0.2, 0) is 0 Å². The van der Waals surface area contributed by atoms with Gasteiger partial charge in [0.2, 0.25) is 0 Å². The average Bonchev–Trinajstić information content (AvgIpc) is 2.66. The van der Waals surface area contributed by atoms with Crippen molar-refractivity contribution in [2.75, 3.05) is 27.2 Å². The molecule has 5 atom stereocenters. The maximum atomic E-state index is 11.3. The Morgan fingerprint density at radius 3 is 2.96 bits per heavy atom. The maximum absolute atomic E-state index is 11.3. The summed E-state index contributed by atoms with van der Waals surface area (Å²) < 4.78 is 6.31. The third kappa shape index (κ3) is 2.64. The molecular weight excluding hydrogens is 312 g/mol. The Morgan fingerprint density at radius 2 is 2.24 bits per heavy atom. The van der Waals surface area contributed by atoms with Crippen molar-refractivity contribution in [3.05, 3.63) is 48.7 Å². The normalized spacial score (nSPS) is 32.5. The number of pyridine rings is 1. The van der Waals surface area contributed by atoms with E-state index in [1.165, 1.54) is 6.42 Å². The van der Waals surface area contributed by atoms with Gasteiger partial charge in [-0.25, -0.2) is 0 Å². The first-order chi connectivity index (χ1) is 12.1. The molecular formula is C21H27N2O2+. The van der Waals surface area contributed by atoms with Crippen LogP contribution in [0.2, 0.25) is 0 Å². The lowest BCUT2D eigenvalue weighted by atomic mass is 9.72. The molecule has 1 aromatic carbocycles. The van der Waals surface area contributed by atoms with E-state index in [0.29, 0.717) is 11.8 Å². The van der Waals surface area contributed by atoms with E-state index in [9.17, 15) is 5.11 Å². The lowest BCUT2D eigenvalue weighted by molar-refractivity contribution is -0.956. The van der Waals surface area contributed by atoms with E-state index in [-0.39, 0.29) is 6.04 Å². The van der Waals surface area contributed by atoms with Crippen LogP contribution in [0.15, 0.2) is 43.1 Å². The van der Waals surface area contributed by atoms with E-state index in [1.807, 2.05) is 24.3 Å². The number of quaternary nitrogens is 1. The van der Waals surface area contributed by atoms with Crippen molar-refractivity contribution in [2.24, 2.45) is 11.8 Å². The third-order valence-electron chi connectivity index (χ3n) is 6.56. The first-order valence-electron chi connectivity index (χ1n) is 9.13. The van der Waals surface area contributed by atoms with Crippen molar-refractivity contribution in [1.82, 2.24) is 4.98 Å². The lowest BCUT2D eigenvalue weighted by Crippen LogP contribution is -2.66. The number of benzene rings is 1. The van der Waals surface area contributed by atoms with E-state index in [2.05, 4.69) is 24.7 Å². The molecule has 0 saturated carbocycles. The second kappa shape index (κ2) is 6.11. The van der Waals surface area contributed by atoms with Crippen molar-refractivity contribution in [3.8, 4) is 5.75 Å². The number of fused-ring (bicyclic) bond motifs is 4. The second-order valence-electron chi connectivity index (χ2n) is 7.87. The topological polar surface area (TPSA) is 42.4 Å². The molecule has 3 aliphatic heterocycles. The molecule has 2 bridgehead atoms. The Bertz CT molecular complexity index is 806. The first-order valence-corrected chi connectivity index (χ1v) is 9.13. The molecule has 0 aliphatic carbocycles. The molecule has 3 saturated heterocycles. The van der Waals surface area contributed by atoms with Gasteiger partial charge in [-0.15, -0.1) is 6.58 Å². The van der Waals surface area contributed by atoms with Crippen molar-refractivity contribution in [2.45, 2.75) is 25.0 Å². The number of rotatable bonds is 4. The molecule has 3 unspecified atom stereocenters. The smallest absolute Gasteiger partial charge is 0.131 e. The average molecular weight is 339 g/mol. The molecule has 2 aromatic rings. The molecule has 4 heterocycles. The number of hydrogen-bond donors (Lipinski definition) is 1. The minimum absolute atomic E-state index is 0.228. The summed E-state index contributed by atoms with van der Waals surface area (Å²) in [7, 11) is 3.96. The fraction of sp³-hybridized carbons (Fsp3) is 0.476. The van der Waals surface area contributed by atoms with Crippen LogP contribution in [0.3, 0.4) is 0 Å². The zero-order valence-electron chi connectivity index (χ0n) is 15.1. The number of aromatic nitrogens is 1. The Hall–Kier alpha value is -1.91. The Kier molecular flexibility index (Phi) is 4.05. The van der Waals surface area contributed by atoms with Crippen LogP contribution in [0.25, 0.3) is 10.9 Å². The number of ether oxygens (including phenoxy) is 1. The quantitative estimate of drug-likeness (QED) is 0.686. The summed E-state index contributed by atoms with van der Waals surface area (Å²) in [5.74, 6) is 2.03. The largest absolute Gasteiger partial charge is 0.497 e.